The highest BCUT2D eigenvalue weighted by Gasteiger charge is 2.43. The number of ether oxygens (including phenoxy) is 1. The van der Waals surface area contributed by atoms with Crippen LogP contribution in [0.1, 0.15) is 159 Å². The van der Waals surface area contributed by atoms with Crippen LogP contribution in [0, 0.1) is 6.33 Å². The van der Waals surface area contributed by atoms with Crippen molar-refractivity contribution in [2.75, 3.05) is 0 Å². The lowest BCUT2D eigenvalue weighted by molar-refractivity contribution is -0.686. The van der Waals surface area contributed by atoms with Crippen LogP contribution in [0.3, 0.4) is 0 Å². The molecule has 4 aromatic carbocycles. The Morgan fingerprint density at radius 1 is 0.597 bits per heavy atom. The molecule has 0 atom stereocenters. The number of pyridine rings is 1. The molecule has 0 saturated heterocycles. The molecule has 0 spiro atoms. The first-order valence-electron chi connectivity index (χ1n) is 24.4. The van der Waals surface area contributed by atoms with Gasteiger partial charge in [0.15, 0.2) is 0 Å². The minimum absolute atomic E-state index is 0.0187. The van der Waals surface area contributed by atoms with E-state index in [4.69, 9.17) is 13.8 Å². The molecule has 0 fully saturated rings. The van der Waals surface area contributed by atoms with Crippen LogP contribution in [0.4, 0.5) is 0 Å². The van der Waals surface area contributed by atoms with Gasteiger partial charge in [-0.2, -0.15) is 0 Å². The number of imidazole rings is 1. The highest BCUT2D eigenvalue weighted by molar-refractivity contribution is 6.10. The van der Waals surface area contributed by atoms with Gasteiger partial charge in [0, 0.05) is 40.0 Å². The summed E-state index contributed by atoms with van der Waals surface area (Å²) in [4.78, 5) is 5.28. The lowest BCUT2D eigenvalue weighted by atomic mass is 9.62. The highest BCUT2D eigenvalue weighted by Crippen LogP contribution is 2.53. The van der Waals surface area contributed by atoms with Crippen LogP contribution in [-0.2, 0) is 39.5 Å². The zero-order valence-corrected chi connectivity index (χ0v) is 39.1. The lowest BCUT2D eigenvalue weighted by Crippen LogP contribution is -2.44. The van der Waals surface area contributed by atoms with Gasteiger partial charge >= 0.3 is 0 Å². The van der Waals surface area contributed by atoms with Gasteiger partial charge in [0.05, 0.1) is 27.8 Å². The zero-order valence-electron chi connectivity index (χ0n) is 42.1. The van der Waals surface area contributed by atoms with Gasteiger partial charge in [0.1, 0.15) is 17.3 Å². The van der Waals surface area contributed by atoms with Crippen molar-refractivity contribution in [3.05, 3.63) is 131 Å². The van der Waals surface area contributed by atoms with E-state index in [2.05, 4.69) is 190 Å². The lowest BCUT2D eigenvalue weighted by Gasteiger charge is -2.44. The fraction of sp³-hybridized carbons (Fsp3) is 0.439. The molecule has 0 N–H and O–H groups in total. The van der Waals surface area contributed by atoms with Gasteiger partial charge in [-0.3, -0.25) is 4.57 Å². The molecular weight excluding hydrogens is 757 g/mol. The Bertz CT molecular complexity index is 3070. The van der Waals surface area contributed by atoms with Crippen molar-refractivity contribution in [3.8, 4) is 34.1 Å². The molecule has 0 amide bonds. The molecule has 10 rings (SSSR count). The molecule has 0 aliphatic heterocycles. The van der Waals surface area contributed by atoms with Gasteiger partial charge in [-0.05, 0) is 135 Å². The highest BCUT2D eigenvalue weighted by atomic mass is 16.5. The summed E-state index contributed by atoms with van der Waals surface area (Å²) < 4.78 is 39.3. The fourth-order valence-electron chi connectivity index (χ4n) is 11.4. The summed E-state index contributed by atoms with van der Waals surface area (Å²) in [7, 11) is 0. The second-order valence-electron chi connectivity index (χ2n) is 22.9. The second-order valence-corrected chi connectivity index (χ2v) is 22.9. The zero-order chi connectivity index (χ0) is 46.4. The van der Waals surface area contributed by atoms with Gasteiger partial charge in [-0.1, -0.05) is 126 Å². The molecule has 3 aromatic heterocycles. The minimum atomic E-state index is -2.39. The predicted molar refractivity (Wildman–Crippen MR) is 256 cm³/mol. The van der Waals surface area contributed by atoms with Crippen molar-refractivity contribution in [1.29, 1.82) is 0 Å². The maximum atomic E-state index is 8.70. The molecule has 5 heteroatoms. The Kier molecular flexibility index (Phi) is 8.10. The van der Waals surface area contributed by atoms with Crippen LogP contribution in [-0.4, -0.2) is 14.1 Å². The number of fused-ring (bicyclic) bond motifs is 6. The van der Waals surface area contributed by atoms with Crippen LogP contribution in [0.5, 0.6) is 11.5 Å². The summed E-state index contributed by atoms with van der Waals surface area (Å²) >= 11 is 0. The van der Waals surface area contributed by atoms with Crippen LogP contribution in [0.2, 0.25) is 0 Å². The number of benzene rings is 4. The summed E-state index contributed by atoms with van der Waals surface area (Å²) in [5, 5.41) is 2.30. The number of hydrogen-bond donors (Lipinski definition) is 0. The number of rotatable bonds is 5. The summed E-state index contributed by atoms with van der Waals surface area (Å²) in [5.41, 5.74) is 11.5. The maximum Gasteiger partial charge on any atom is 0.243 e. The molecule has 0 unspecified atom stereocenters. The normalized spacial score (nSPS) is 21.0. The molecular formula is C57H66N4O. The smallest absolute Gasteiger partial charge is 0.243 e. The Morgan fingerprint density at radius 2 is 1.26 bits per heavy atom. The predicted octanol–water partition coefficient (Wildman–Crippen LogP) is 14.1. The second kappa shape index (κ2) is 13.4. The fourth-order valence-corrected chi connectivity index (χ4v) is 11.4. The first-order valence-corrected chi connectivity index (χ1v) is 22.9. The molecule has 0 saturated carbocycles. The summed E-state index contributed by atoms with van der Waals surface area (Å²) in [6.45, 7) is 25.2. The van der Waals surface area contributed by atoms with E-state index in [0.717, 1.165) is 94.7 Å². The third kappa shape index (κ3) is 6.30. The molecule has 0 bridgehead atoms. The summed E-state index contributed by atoms with van der Waals surface area (Å²) in [6, 6.07) is 30.7. The van der Waals surface area contributed by atoms with E-state index >= 15 is 0 Å². The monoisotopic (exact) mass is 826 g/mol. The largest absolute Gasteiger partial charge is 0.458 e. The Morgan fingerprint density at radius 3 is 1.98 bits per heavy atom. The van der Waals surface area contributed by atoms with Crippen molar-refractivity contribution in [2.24, 2.45) is 6.98 Å². The topological polar surface area (TPSA) is 35.9 Å². The maximum absolute atomic E-state index is 8.70. The SMILES string of the molecule is [2H]C([2H])([2H])[n+]1[c-]n(-c2cc(Oc3ccc4c5cc(-c6ccccc6)ccc5n(-c5cc6c(cn5)C(C)(C)CCC6(C)C)c4c3)c3c(c2)C(C)(C)CCC3(C)C)c2c1C(C)(C)CCC2(C)C. The summed E-state index contributed by atoms with van der Waals surface area (Å²) in [6.07, 6.45) is 11.7. The Hall–Kier alpha value is -5.16. The van der Waals surface area contributed by atoms with E-state index in [1.165, 1.54) is 37.9 Å². The molecule has 3 heterocycles. The third-order valence-electron chi connectivity index (χ3n) is 15.7. The van der Waals surface area contributed by atoms with Crippen LogP contribution in [0.15, 0.2) is 91.1 Å². The van der Waals surface area contributed by atoms with Gasteiger partial charge in [-0.25, -0.2) is 4.98 Å². The molecule has 3 aliphatic carbocycles. The molecule has 7 aromatic rings. The van der Waals surface area contributed by atoms with Crippen molar-refractivity contribution >= 4 is 21.8 Å². The Balaban J connectivity index is 1.20. The minimum Gasteiger partial charge on any atom is -0.458 e. The Labute approximate surface area is 374 Å². The van der Waals surface area contributed by atoms with Crippen molar-refractivity contribution < 1.29 is 13.4 Å². The van der Waals surface area contributed by atoms with Crippen LogP contribution in [0.25, 0.3) is 44.4 Å². The van der Waals surface area contributed by atoms with Gasteiger partial charge in [-0.15, -0.1) is 0 Å². The van der Waals surface area contributed by atoms with Gasteiger partial charge in [0.2, 0.25) is 6.33 Å². The molecule has 62 heavy (non-hydrogen) atoms. The number of aromatic nitrogens is 4. The number of nitrogens with zero attached hydrogens (tertiary/aromatic N) is 4. The van der Waals surface area contributed by atoms with Crippen LogP contribution >= 0.6 is 0 Å². The van der Waals surface area contributed by atoms with Crippen molar-refractivity contribution in [1.82, 2.24) is 14.1 Å². The van der Waals surface area contributed by atoms with Crippen molar-refractivity contribution in [2.45, 2.75) is 154 Å². The molecule has 0 radical (unpaired) electrons. The molecule has 320 valence electrons. The van der Waals surface area contributed by atoms with E-state index in [1.54, 1.807) is 0 Å². The van der Waals surface area contributed by atoms with E-state index in [0.29, 0.717) is 0 Å². The summed E-state index contributed by atoms with van der Waals surface area (Å²) in [5.74, 6) is 2.44. The van der Waals surface area contributed by atoms with Crippen LogP contribution < -0.4 is 9.30 Å². The van der Waals surface area contributed by atoms with Gasteiger partial charge in [0.25, 0.3) is 0 Å². The van der Waals surface area contributed by atoms with Crippen molar-refractivity contribution in [3.63, 3.8) is 0 Å². The quantitative estimate of drug-likeness (QED) is 0.128. The van der Waals surface area contributed by atoms with Gasteiger partial charge < -0.3 is 13.9 Å². The van der Waals surface area contributed by atoms with E-state index in [-0.39, 0.29) is 32.5 Å². The average Bonchev–Trinajstić information content (AvgIpc) is 3.82. The number of hydrogen-bond acceptors (Lipinski definition) is 2. The third-order valence-corrected chi connectivity index (χ3v) is 15.7. The first-order chi connectivity index (χ1) is 30.3. The number of aryl methyl sites for hydroxylation is 1. The molecule has 5 nitrogen and oxygen atoms in total. The van der Waals surface area contributed by atoms with E-state index in [9.17, 15) is 0 Å². The average molecular weight is 826 g/mol. The first kappa shape index (κ1) is 37.4. The molecule has 3 aliphatic rings. The standard InChI is InChI=1S/C57H66N4O/c1-52(2)23-24-54(5,6)44-34-58-48(33-42(44)52)61-45-22-19-37(36-17-15-14-16-18-36)29-41(45)40-21-20-39(32-46(40)61)62-47-31-38(30-43-49(47)55(7,8)26-25-53(43,3)4)60-35-59(13)50-51(60)57(11,12)28-27-56(50,9)10/h14-22,29-34H,23-28H2,1-13H3/i13D3. The van der Waals surface area contributed by atoms with E-state index in [1.807, 2.05) is 0 Å². The van der Waals surface area contributed by atoms with E-state index < -0.39 is 6.98 Å².